The first-order valence-electron chi connectivity index (χ1n) is 7.83. The molecule has 1 aromatic rings. The quantitative estimate of drug-likeness (QED) is 0.857. The predicted molar refractivity (Wildman–Crippen MR) is 84.1 cm³/mol. The van der Waals surface area contributed by atoms with Crippen molar-refractivity contribution in [3.8, 4) is 0 Å². The van der Waals surface area contributed by atoms with Gasteiger partial charge in [0.1, 0.15) is 0 Å². The molecule has 1 aliphatic rings. The summed E-state index contributed by atoms with van der Waals surface area (Å²) in [5, 5.41) is 6.30. The zero-order valence-corrected chi connectivity index (χ0v) is 12.6. The second-order valence-corrected chi connectivity index (χ2v) is 5.71. The van der Waals surface area contributed by atoms with Crippen molar-refractivity contribution in [1.82, 2.24) is 5.32 Å². The minimum atomic E-state index is 0.0603. The number of hydrogen-bond acceptors (Lipinski definition) is 2. The van der Waals surface area contributed by atoms with E-state index in [0.29, 0.717) is 12.0 Å². The maximum absolute atomic E-state index is 12.3. The van der Waals surface area contributed by atoms with E-state index in [2.05, 4.69) is 17.6 Å². The van der Waals surface area contributed by atoms with E-state index >= 15 is 0 Å². The Hall–Kier alpha value is -1.51. The van der Waals surface area contributed by atoms with Gasteiger partial charge in [0, 0.05) is 24.3 Å². The summed E-state index contributed by atoms with van der Waals surface area (Å²) in [5.74, 6) is 0.722. The Morgan fingerprint density at radius 2 is 1.85 bits per heavy atom. The number of carbonyl (C=O) groups excluding carboxylic acids is 1. The molecule has 2 rings (SSSR count). The first kappa shape index (κ1) is 14.9. The largest absolute Gasteiger partial charge is 0.388 e. The molecule has 1 amide bonds. The fraction of sp³-hybridized carbons (Fsp3) is 0.588. The highest BCUT2D eigenvalue weighted by molar-refractivity contribution is 5.94. The van der Waals surface area contributed by atoms with E-state index in [-0.39, 0.29) is 5.91 Å². The average molecular weight is 274 g/mol. The summed E-state index contributed by atoms with van der Waals surface area (Å²) in [4.78, 5) is 12.3. The van der Waals surface area contributed by atoms with Crippen molar-refractivity contribution in [2.75, 3.05) is 12.4 Å². The van der Waals surface area contributed by atoms with E-state index in [9.17, 15) is 4.79 Å². The summed E-state index contributed by atoms with van der Waals surface area (Å²) in [5.41, 5.74) is 1.78. The van der Waals surface area contributed by atoms with Crippen LogP contribution in [0.2, 0.25) is 0 Å². The molecular weight excluding hydrogens is 248 g/mol. The van der Waals surface area contributed by atoms with Crippen molar-refractivity contribution in [2.45, 2.75) is 51.5 Å². The van der Waals surface area contributed by atoms with Gasteiger partial charge in [-0.3, -0.25) is 4.79 Å². The Labute approximate surface area is 122 Å². The van der Waals surface area contributed by atoms with Crippen LogP contribution in [0.4, 0.5) is 5.69 Å². The van der Waals surface area contributed by atoms with Crippen LogP contribution in [0.25, 0.3) is 0 Å². The zero-order valence-electron chi connectivity index (χ0n) is 12.6. The van der Waals surface area contributed by atoms with Gasteiger partial charge in [0.25, 0.3) is 5.91 Å². The average Bonchev–Trinajstić information content (AvgIpc) is 2.53. The van der Waals surface area contributed by atoms with E-state index in [1.165, 1.54) is 32.1 Å². The van der Waals surface area contributed by atoms with E-state index in [1.54, 1.807) is 0 Å². The molecule has 0 radical (unpaired) electrons. The van der Waals surface area contributed by atoms with Gasteiger partial charge in [0.2, 0.25) is 0 Å². The van der Waals surface area contributed by atoms with Crippen molar-refractivity contribution in [3.63, 3.8) is 0 Å². The predicted octanol–water partition coefficient (Wildman–Crippen LogP) is 3.82. The van der Waals surface area contributed by atoms with Crippen LogP contribution in [-0.4, -0.2) is 19.0 Å². The number of amides is 1. The minimum Gasteiger partial charge on any atom is -0.388 e. The molecule has 0 heterocycles. The van der Waals surface area contributed by atoms with Crippen LogP contribution in [0.1, 0.15) is 55.8 Å². The van der Waals surface area contributed by atoms with Gasteiger partial charge < -0.3 is 10.6 Å². The summed E-state index contributed by atoms with van der Waals surface area (Å²) in [7, 11) is 1.88. The van der Waals surface area contributed by atoms with E-state index in [1.807, 2.05) is 31.3 Å². The molecule has 0 bridgehead atoms. The second-order valence-electron chi connectivity index (χ2n) is 5.71. The van der Waals surface area contributed by atoms with Crippen molar-refractivity contribution in [3.05, 3.63) is 29.8 Å². The highest BCUT2D eigenvalue weighted by Crippen LogP contribution is 2.27. The van der Waals surface area contributed by atoms with Gasteiger partial charge in [0.05, 0.1) is 0 Å². The summed E-state index contributed by atoms with van der Waals surface area (Å²) in [6, 6.07) is 7.97. The monoisotopic (exact) mass is 274 g/mol. The van der Waals surface area contributed by atoms with E-state index in [4.69, 9.17) is 0 Å². The summed E-state index contributed by atoms with van der Waals surface area (Å²) < 4.78 is 0. The standard InChI is InChI=1S/C17H26N2O/c1-3-16(13-7-5-4-6-8-13)19-17(20)14-9-11-15(18-2)12-10-14/h9-13,16,18H,3-8H2,1-2H3,(H,19,20). The van der Waals surface area contributed by atoms with Crippen molar-refractivity contribution in [1.29, 1.82) is 0 Å². The van der Waals surface area contributed by atoms with Crippen molar-refractivity contribution >= 4 is 11.6 Å². The lowest BCUT2D eigenvalue weighted by atomic mass is 9.83. The van der Waals surface area contributed by atoms with Gasteiger partial charge in [-0.05, 0) is 49.4 Å². The third-order valence-corrected chi connectivity index (χ3v) is 4.41. The molecule has 1 aliphatic carbocycles. The first-order valence-corrected chi connectivity index (χ1v) is 7.83. The molecule has 0 aromatic heterocycles. The van der Waals surface area contributed by atoms with Gasteiger partial charge in [0.15, 0.2) is 0 Å². The molecule has 110 valence electrons. The third-order valence-electron chi connectivity index (χ3n) is 4.41. The maximum atomic E-state index is 12.3. The van der Waals surface area contributed by atoms with Gasteiger partial charge in [-0.1, -0.05) is 26.2 Å². The van der Waals surface area contributed by atoms with Crippen LogP contribution in [0.15, 0.2) is 24.3 Å². The van der Waals surface area contributed by atoms with Crippen LogP contribution >= 0.6 is 0 Å². The molecular formula is C17H26N2O. The Morgan fingerprint density at radius 1 is 1.20 bits per heavy atom. The molecule has 1 fully saturated rings. The minimum absolute atomic E-state index is 0.0603. The van der Waals surface area contributed by atoms with Crippen molar-refractivity contribution < 1.29 is 4.79 Å². The zero-order chi connectivity index (χ0) is 14.4. The lowest BCUT2D eigenvalue weighted by Crippen LogP contribution is -2.40. The van der Waals surface area contributed by atoms with Crippen LogP contribution < -0.4 is 10.6 Å². The molecule has 1 saturated carbocycles. The smallest absolute Gasteiger partial charge is 0.251 e. The van der Waals surface area contributed by atoms with Crippen LogP contribution in [0, 0.1) is 5.92 Å². The lowest BCUT2D eigenvalue weighted by molar-refractivity contribution is 0.0911. The van der Waals surface area contributed by atoms with Gasteiger partial charge in [-0.2, -0.15) is 0 Å². The number of nitrogens with one attached hydrogen (secondary N) is 2. The number of carbonyl (C=O) groups is 1. The van der Waals surface area contributed by atoms with E-state index in [0.717, 1.165) is 17.7 Å². The van der Waals surface area contributed by atoms with E-state index < -0.39 is 0 Å². The topological polar surface area (TPSA) is 41.1 Å². The SMILES string of the molecule is CCC(NC(=O)c1ccc(NC)cc1)C1CCCCC1. The number of rotatable bonds is 5. The summed E-state index contributed by atoms with van der Waals surface area (Å²) in [6.07, 6.45) is 7.52. The van der Waals surface area contributed by atoms with Crippen LogP contribution in [-0.2, 0) is 0 Å². The van der Waals surface area contributed by atoms with Crippen LogP contribution in [0.5, 0.6) is 0 Å². The molecule has 0 aliphatic heterocycles. The third kappa shape index (κ3) is 3.75. The molecule has 1 atom stereocenters. The lowest BCUT2D eigenvalue weighted by Gasteiger charge is -2.30. The normalized spacial score (nSPS) is 17.5. The molecule has 0 saturated heterocycles. The Balaban J connectivity index is 1.96. The van der Waals surface area contributed by atoms with Crippen LogP contribution in [0.3, 0.4) is 0 Å². The number of anilines is 1. The Bertz CT molecular complexity index is 421. The number of benzene rings is 1. The fourth-order valence-corrected chi connectivity index (χ4v) is 3.13. The van der Waals surface area contributed by atoms with Crippen molar-refractivity contribution in [2.24, 2.45) is 5.92 Å². The van der Waals surface area contributed by atoms with Gasteiger partial charge in [-0.25, -0.2) is 0 Å². The first-order chi connectivity index (χ1) is 9.74. The Morgan fingerprint density at radius 3 is 2.40 bits per heavy atom. The number of hydrogen-bond donors (Lipinski definition) is 2. The molecule has 20 heavy (non-hydrogen) atoms. The molecule has 1 unspecified atom stereocenters. The second kappa shape index (κ2) is 7.32. The highest BCUT2D eigenvalue weighted by Gasteiger charge is 2.23. The molecule has 0 spiro atoms. The molecule has 3 heteroatoms. The molecule has 1 aromatic carbocycles. The molecule has 2 N–H and O–H groups in total. The highest BCUT2D eigenvalue weighted by atomic mass is 16.1. The summed E-state index contributed by atoms with van der Waals surface area (Å²) >= 11 is 0. The molecule has 3 nitrogen and oxygen atoms in total. The van der Waals surface area contributed by atoms with Gasteiger partial charge in [-0.15, -0.1) is 0 Å². The fourth-order valence-electron chi connectivity index (χ4n) is 3.13. The maximum Gasteiger partial charge on any atom is 0.251 e. The summed E-state index contributed by atoms with van der Waals surface area (Å²) in [6.45, 7) is 2.17. The van der Waals surface area contributed by atoms with Gasteiger partial charge >= 0.3 is 0 Å². The Kier molecular flexibility index (Phi) is 5.45.